The third-order valence-electron chi connectivity index (χ3n) is 4.47. The van der Waals surface area contributed by atoms with Crippen LogP contribution in [-0.4, -0.2) is 22.9 Å². The number of carbonyl (C=O) groups excluding carboxylic acids is 2. The molecular weight excluding hydrogens is 352 g/mol. The minimum absolute atomic E-state index is 0.0731. The number of hydrogen-bond acceptors (Lipinski definition) is 4. The van der Waals surface area contributed by atoms with Crippen LogP contribution in [0.1, 0.15) is 41.3 Å². The van der Waals surface area contributed by atoms with Gasteiger partial charge in [-0.1, -0.05) is 31.2 Å². The maximum absolute atomic E-state index is 12.3. The van der Waals surface area contributed by atoms with Crippen LogP contribution in [0.25, 0.3) is 10.4 Å². The second-order valence-electron chi connectivity index (χ2n) is 6.59. The van der Waals surface area contributed by atoms with Crippen LogP contribution in [-0.2, 0) is 22.4 Å². The molecule has 0 saturated heterocycles. The van der Waals surface area contributed by atoms with Crippen LogP contribution in [0, 0.1) is 5.92 Å². The van der Waals surface area contributed by atoms with Crippen molar-refractivity contribution in [2.45, 2.75) is 32.6 Å². The first kappa shape index (κ1) is 18.1. The number of nitrogens with one attached hydrogen (secondary N) is 1. The van der Waals surface area contributed by atoms with Gasteiger partial charge in [0, 0.05) is 17.7 Å². The van der Waals surface area contributed by atoms with Crippen molar-refractivity contribution in [2.75, 3.05) is 5.32 Å². The predicted octanol–water partition coefficient (Wildman–Crippen LogP) is 3.05. The van der Waals surface area contributed by atoms with Crippen LogP contribution in [0.3, 0.4) is 0 Å². The number of carboxylic acids is 1. The molecular formula is C19H20N2O4S. The summed E-state index contributed by atoms with van der Waals surface area (Å²) in [5.74, 6) is -2.10. The van der Waals surface area contributed by atoms with Gasteiger partial charge in [-0.2, -0.15) is 0 Å². The summed E-state index contributed by atoms with van der Waals surface area (Å²) in [6, 6.07) is 8.01. The normalized spacial score (nSPS) is 13.4. The molecule has 3 rings (SSSR count). The first-order chi connectivity index (χ1) is 12.4. The number of primary amides is 1. The second-order valence-corrected chi connectivity index (χ2v) is 7.61. The fourth-order valence-corrected chi connectivity index (χ4v) is 4.69. The highest BCUT2D eigenvalue weighted by Crippen LogP contribution is 2.45. The van der Waals surface area contributed by atoms with E-state index >= 15 is 0 Å². The molecule has 1 aromatic carbocycles. The molecule has 1 aromatic heterocycles. The van der Waals surface area contributed by atoms with Crippen molar-refractivity contribution in [1.29, 1.82) is 0 Å². The number of thiophene rings is 1. The summed E-state index contributed by atoms with van der Waals surface area (Å²) >= 11 is 1.35. The summed E-state index contributed by atoms with van der Waals surface area (Å²) in [7, 11) is 0. The Balaban J connectivity index is 1.89. The Bertz CT molecular complexity index is 888. The zero-order valence-electron chi connectivity index (χ0n) is 14.4. The molecule has 0 fully saturated rings. The van der Waals surface area contributed by atoms with Crippen LogP contribution in [0.5, 0.6) is 0 Å². The van der Waals surface area contributed by atoms with Crippen molar-refractivity contribution in [3.8, 4) is 10.4 Å². The monoisotopic (exact) mass is 372 g/mol. The number of anilines is 1. The lowest BCUT2D eigenvalue weighted by molar-refractivity contribution is -0.138. The zero-order chi connectivity index (χ0) is 18.8. The van der Waals surface area contributed by atoms with E-state index in [1.807, 2.05) is 18.2 Å². The summed E-state index contributed by atoms with van der Waals surface area (Å²) in [5.41, 5.74) is 9.13. The molecule has 1 atom stereocenters. The predicted molar refractivity (Wildman–Crippen MR) is 100 cm³/mol. The minimum Gasteiger partial charge on any atom is -0.481 e. The van der Waals surface area contributed by atoms with E-state index in [0.29, 0.717) is 17.0 Å². The van der Waals surface area contributed by atoms with E-state index in [9.17, 15) is 14.4 Å². The van der Waals surface area contributed by atoms with E-state index < -0.39 is 11.9 Å². The van der Waals surface area contributed by atoms with Crippen LogP contribution in [0.2, 0.25) is 0 Å². The molecule has 1 heterocycles. The number of fused-ring (bicyclic) bond motifs is 3. The number of hydrogen-bond donors (Lipinski definition) is 3. The Kier molecular flexibility index (Phi) is 5.08. The maximum atomic E-state index is 12.3. The maximum Gasteiger partial charge on any atom is 0.303 e. The first-order valence-corrected chi connectivity index (χ1v) is 9.23. The fraction of sp³-hybridized carbons (Fsp3) is 0.316. The topological polar surface area (TPSA) is 109 Å². The van der Waals surface area contributed by atoms with Crippen LogP contribution >= 0.6 is 11.3 Å². The molecule has 0 unspecified atom stereocenters. The Morgan fingerprint density at radius 1 is 1.23 bits per heavy atom. The highest BCUT2D eigenvalue weighted by Gasteiger charge is 2.28. The van der Waals surface area contributed by atoms with Crippen molar-refractivity contribution in [1.82, 2.24) is 0 Å². The highest BCUT2D eigenvalue weighted by atomic mass is 32.1. The lowest BCUT2D eigenvalue weighted by Crippen LogP contribution is -2.20. The van der Waals surface area contributed by atoms with E-state index in [-0.39, 0.29) is 24.7 Å². The van der Waals surface area contributed by atoms with Crippen LogP contribution in [0.15, 0.2) is 24.3 Å². The number of benzene rings is 1. The van der Waals surface area contributed by atoms with Crippen molar-refractivity contribution in [3.63, 3.8) is 0 Å². The average Bonchev–Trinajstić information content (AvgIpc) is 2.92. The molecule has 6 nitrogen and oxygen atoms in total. The molecule has 1 aliphatic carbocycles. The lowest BCUT2D eigenvalue weighted by atomic mass is 9.89. The minimum atomic E-state index is -0.939. The van der Waals surface area contributed by atoms with Gasteiger partial charge >= 0.3 is 5.97 Å². The SMILES string of the molecule is C[C@H](CC(=O)O)CC(=O)Nc1sc2c(c1C(N)=O)CCc1ccccc1-2. The van der Waals surface area contributed by atoms with Crippen molar-refractivity contribution in [2.24, 2.45) is 11.7 Å². The van der Waals surface area contributed by atoms with Crippen molar-refractivity contribution >= 4 is 34.1 Å². The van der Waals surface area contributed by atoms with Gasteiger partial charge in [-0.15, -0.1) is 11.3 Å². The molecule has 136 valence electrons. The van der Waals surface area contributed by atoms with Gasteiger partial charge in [0.25, 0.3) is 5.91 Å². The zero-order valence-corrected chi connectivity index (χ0v) is 15.2. The smallest absolute Gasteiger partial charge is 0.303 e. The molecule has 26 heavy (non-hydrogen) atoms. The van der Waals surface area contributed by atoms with Crippen LogP contribution < -0.4 is 11.1 Å². The number of nitrogens with two attached hydrogens (primary N) is 1. The fourth-order valence-electron chi connectivity index (χ4n) is 3.35. The van der Waals surface area contributed by atoms with E-state index in [0.717, 1.165) is 22.4 Å². The number of carboxylic acid groups (broad SMARTS) is 1. The van der Waals surface area contributed by atoms with Gasteiger partial charge in [0.15, 0.2) is 0 Å². The second kappa shape index (κ2) is 7.29. The third kappa shape index (κ3) is 3.62. The molecule has 0 radical (unpaired) electrons. The Labute approximate surface area is 155 Å². The molecule has 2 amide bonds. The van der Waals surface area contributed by atoms with Gasteiger partial charge in [0.2, 0.25) is 5.91 Å². The number of carbonyl (C=O) groups is 3. The Morgan fingerprint density at radius 3 is 2.65 bits per heavy atom. The number of aryl methyl sites for hydroxylation is 1. The summed E-state index contributed by atoms with van der Waals surface area (Å²) in [4.78, 5) is 36.0. The number of amides is 2. The highest BCUT2D eigenvalue weighted by molar-refractivity contribution is 7.20. The van der Waals surface area contributed by atoms with E-state index in [1.54, 1.807) is 6.92 Å². The molecule has 1 aliphatic rings. The lowest BCUT2D eigenvalue weighted by Gasteiger charge is -2.16. The molecule has 0 aliphatic heterocycles. The average molecular weight is 372 g/mol. The molecule has 7 heteroatoms. The van der Waals surface area contributed by atoms with E-state index in [2.05, 4.69) is 11.4 Å². The van der Waals surface area contributed by atoms with Gasteiger partial charge < -0.3 is 16.2 Å². The van der Waals surface area contributed by atoms with Gasteiger partial charge in [-0.3, -0.25) is 14.4 Å². The van der Waals surface area contributed by atoms with Gasteiger partial charge in [-0.05, 0) is 35.4 Å². The summed E-state index contributed by atoms with van der Waals surface area (Å²) in [5, 5.41) is 12.0. The van der Waals surface area contributed by atoms with E-state index in [4.69, 9.17) is 10.8 Å². The molecule has 2 aromatic rings. The van der Waals surface area contributed by atoms with Gasteiger partial charge in [-0.25, -0.2) is 0 Å². The molecule has 0 saturated carbocycles. The molecule has 0 bridgehead atoms. The van der Waals surface area contributed by atoms with Crippen molar-refractivity contribution < 1.29 is 19.5 Å². The first-order valence-electron chi connectivity index (χ1n) is 8.42. The number of aliphatic carboxylic acids is 1. The Morgan fingerprint density at radius 2 is 1.96 bits per heavy atom. The van der Waals surface area contributed by atoms with Crippen LogP contribution in [0.4, 0.5) is 5.00 Å². The standard InChI is InChI=1S/C19H20N2O4S/c1-10(9-15(23)24)8-14(22)21-19-16(18(20)25)13-7-6-11-4-2-3-5-12(11)17(13)26-19/h2-5,10H,6-9H2,1H3,(H2,20,25)(H,21,22)(H,23,24)/t10-/m0/s1. The van der Waals surface area contributed by atoms with E-state index in [1.165, 1.54) is 16.9 Å². The van der Waals surface area contributed by atoms with Gasteiger partial charge in [0.1, 0.15) is 5.00 Å². The molecule has 0 spiro atoms. The summed E-state index contributed by atoms with van der Waals surface area (Å²) < 4.78 is 0. The molecule has 4 N–H and O–H groups in total. The Hall–Kier alpha value is -2.67. The third-order valence-corrected chi connectivity index (χ3v) is 5.65. The summed E-state index contributed by atoms with van der Waals surface area (Å²) in [6.45, 7) is 1.71. The number of rotatable bonds is 6. The quantitative estimate of drug-likeness (QED) is 0.724. The van der Waals surface area contributed by atoms with Gasteiger partial charge in [0.05, 0.1) is 5.56 Å². The largest absolute Gasteiger partial charge is 0.481 e. The summed E-state index contributed by atoms with van der Waals surface area (Å²) in [6.07, 6.45) is 1.52. The van der Waals surface area contributed by atoms with Crippen molar-refractivity contribution in [3.05, 3.63) is 41.0 Å².